The second-order valence-electron chi connectivity index (χ2n) is 5.71. The van der Waals surface area contributed by atoms with E-state index in [9.17, 15) is 0 Å². The van der Waals surface area contributed by atoms with Gasteiger partial charge in [-0.1, -0.05) is 12.1 Å². The van der Waals surface area contributed by atoms with Crippen LogP contribution in [0.2, 0.25) is 0 Å². The van der Waals surface area contributed by atoms with E-state index in [1.807, 2.05) is 31.2 Å². The number of nitrogens with zero attached hydrogens (tertiary/aromatic N) is 2. The van der Waals surface area contributed by atoms with Crippen molar-refractivity contribution in [1.29, 1.82) is 0 Å². The van der Waals surface area contributed by atoms with Crippen molar-refractivity contribution in [2.45, 2.75) is 27.2 Å². The fraction of sp³-hybridized carbons (Fsp3) is 0.368. The summed E-state index contributed by atoms with van der Waals surface area (Å²) in [5.74, 6) is 1.63. The van der Waals surface area contributed by atoms with Crippen LogP contribution in [0.3, 0.4) is 0 Å². The van der Waals surface area contributed by atoms with Crippen molar-refractivity contribution in [2.75, 3.05) is 25.1 Å². The Bertz CT molecular complexity index is 848. The molecule has 3 rings (SSSR count). The molecule has 2 aromatic heterocycles. The molecule has 1 N–H and O–H groups in total. The highest BCUT2D eigenvalue weighted by Crippen LogP contribution is 2.35. The van der Waals surface area contributed by atoms with Crippen LogP contribution in [0.1, 0.15) is 23.8 Å². The number of para-hydroxylation sites is 2. The second kappa shape index (κ2) is 8.27. The molecular formula is C19H23N3O2S. The number of nitrogens with one attached hydrogen (secondary N) is 1. The Balaban J connectivity index is 1.79. The molecule has 0 saturated heterocycles. The lowest BCUT2D eigenvalue weighted by molar-refractivity contribution is 0.131. The van der Waals surface area contributed by atoms with Gasteiger partial charge in [-0.25, -0.2) is 9.97 Å². The number of fused-ring (bicyclic) bond motifs is 1. The second-order valence-corrected chi connectivity index (χ2v) is 6.91. The van der Waals surface area contributed by atoms with Gasteiger partial charge in [0.15, 0.2) is 0 Å². The molecule has 3 aromatic rings. The molecule has 0 fully saturated rings. The van der Waals surface area contributed by atoms with Crippen LogP contribution in [0.25, 0.3) is 10.2 Å². The molecule has 0 radical (unpaired) electrons. The minimum absolute atomic E-state index is 0.620. The lowest BCUT2D eigenvalue weighted by Gasteiger charge is -2.13. The maximum absolute atomic E-state index is 5.92. The topological polar surface area (TPSA) is 56.3 Å². The van der Waals surface area contributed by atoms with Gasteiger partial charge in [0, 0.05) is 24.5 Å². The largest absolute Gasteiger partial charge is 0.491 e. The van der Waals surface area contributed by atoms with Crippen LogP contribution in [0.5, 0.6) is 5.75 Å². The Kier molecular flexibility index (Phi) is 5.83. The van der Waals surface area contributed by atoms with Gasteiger partial charge in [-0.15, -0.1) is 11.3 Å². The lowest BCUT2D eigenvalue weighted by atomic mass is 10.2. The molecule has 132 valence electrons. The monoisotopic (exact) mass is 357 g/mol. The zero-order valence-corrected chi connectivity index (χ0v) is 15.7. The van der Waals surface area contributed by atoms with E-state index in [2.05, 4.69) is 29.1 Å². The number of ether oxygens (including phenoxy) is 2. The third kappa shape index (κ3) is 4.08. The molecule has 6 heteroatoms. The highest BCUT2D eigenvalue weighted by Gasteiger charge is 2.13. The van der Waals surface area contributed by atoms with Gasteiger partial charge in [-0.3, -0.25) is 0 Å². The first kappa shape index (κ1) is 17.6. The van der Waals surface area contributed by atoms with E-state index in [-0.39, 0.29) is 0 Å². The first-order chi connectivity index (χ1) is 12.2. The molecule has 0 aliphatic rings. The number of hydrogen-bond acceptors (Lipinski definition) is 6. The van der Waals surface area contributed by atoms with Gasteiger partial charge in [-0.05, 0) is 38.5 Å². The van der Waals surface area contributed by atoms with E-state index in [1.54, 1.807) is 17.7 Å². The molecule has 0 saturated carbocycles. The van der Waals surface area contributed by atoms with Crippen LogP contribution in [0, 0.1) is 13.8 Å². The Morgan fingerprint density at radius 2 is 1.96 bits per heavy atom. The molecule has 0 unspecified atom stereocenters. The summed E-state index contributed by atoms with van der Waals surface area (Å²) in [6.07, 6.45) is 2.47. The molecule has 0 amide bonds. The predicted octanol–water partition coefficient (Wildman–Crippen LogP) is 4.86. The number of hydrogen-bond donors (Lipinski definition) is 1. The summed E-state index contributed by atoms with van der Waals surface area (Å²) in [6.45, 7) is 8.29. The highest BCUT2D eigenvalue weighted by atomic mass is 32.1. The molecule has 0 aliphatic carbocycles. The van der Waals surface area contributed by atoms with E-state index in [0.29, 0.717) is 13.2 Å². The summed E-state index contributed by atoms with van der Waals surface area (Å²) in [5.41, 5.74) is 2.13. The van der Waals surface area contributed by atoms with Crippen molar-refractivity contribution in [3.63, 3.8) is 0 Å². The number of aryl methyl sites for hydroxylation is 2. The first-order valence-corrected chi connectivity index (χ1v) is 9.29. The van der Waals surface area contributed by atoms with E-state index < -0.39 is 0 Å². The highest BCUT2D eigenvalue weighted by molar-refractivity contribution is 7.18. The van der Waals surface area contributed by atoms with Gasteiger partial charge < -0.3 is 14.8 Å². The number of aromatic nitrogens is 2. The zero-order chi connectivity index (χ0) is 17.6. The number of thiophene rings is 1. The molecule has 0 aliphatic heterocycles. The van der Waals surface area contributed by atoms with Crippen LogP contribution in [-0.4, -0.2) is 29.8 Å². The Morgan fingerprint density at radius 3 is 2.80 bits per heavy atom. The summed E-state index contributed by atoms with van der Waals surface area (Å²) < 4.78 is 11.3. The minimum Gasteiger partial charge on any atom is -0.491 e. The minimum atomic E-state index is 0.620. The Hall–Kier alpha value is -2.18. The normalized spacial score (nSPS) is 11.0. The van der Waals surface area contributed by atoms with Crippen LogP contribution in [0.4, 0.5) is 11.5 Å². The van der Waals surface area contributed by atoms with Crippen molar-refractivity contribution in [1.82, 2.24) is 9.97 Å². The average Bonchev–Trinajstić information content (AvgIpc) is 2.91. The summed E-state index contributed by atoms with van der Waals surface area (Å²) >= 11 is 1.69. The molecule has 2 heterocycles. The SMILES string of the molecule is CCOCCCOc1ccccc1Nc1ncnc2sc(C)c(C)c12. The van der Waals surface area contributed by atoms with Crippen LogP contribution >= 0.6 is 11.3 Å². The summed E-state index contributed by atoms with van der Waals surface area (Å²) in [7, 11) is 0. The lowest BCUT2D eigenvalue weighted by Crippen LogP contribution is -2.05. The van der Waals surface area contributed by atoms with Crippen molar-refractivity contribution >= 4 is 33.1 Å². The fourth-order valence-corrected chi connectivity index (χ4v) is 3.58. The van der Waals surface area contributed by atoms with Gasteiger partial charge >= 0.3 is 0 Å². The van der Waals surface area contributed by atoms with Crippen molar-refractivity contribution in [2.24, 2.45) is 0 Å². The summed E-state index contributed by atoms with van der Waals surface area (Å²) in [5, 5.41) is 4.50. The maximum Gasteiger partial charge on any atom is 0.142 e. The Morgan fingerprint density at radius 1 is 1.12 bits per heavy atom. The van der Waals surface area contributed by atoms with Crippen molar-refractivity contribution in [3.05, 3.63) is 41.0 Å². The van der Waals surface area contributed by atoms with Gasteiger partial charge in [-0.2, -0.15) is 0 Å². The third-order valence-electron chi connectivity index (χ3n) is 4.00. The van der Waals surface area contributed by atoms with Crippen LogP contribution in [-0.2, 0) is 4.74 Å². The summed E-state index contributed by atoms with van der Waals surface area (Å²) in [4.78, 5) is 11.1. The van der Waals surface area contributed by atoms with Crippen LogP contribution < -0.4 is 10.1 Å². The molecule has 1 aromatic carbocycles. The molecule has 0 atom stereocenters. The van der Waals surface area contributed by atoms with E-state index in [4.69, 9.17) is 9.47 Å². The first-order valence-electron chi connectivity index (χ1n) is 8.48. The number of rotatable bonds is 8. The van der Waals surface area contributed by atoms with Crippen molar-refractivity contribution < 1.29 is 9.47 Å². The predicted molar refractivity (Wildman–Crippen MR) is 103 cm³/mol. The summed E-state index contributed by atoms with van der Waals surface area (Å²) in [6, 6.07) is 7.92. The van der Waals surface area contributed by atoms with Gasteiger partial charge in [0.2, 0.25) is 0 Å². The quantitative estimate of drug-likeness (QED) is 0.584. The van der Waals surface area contributed by atoms with E-state index in [0.717, 1.165) is 40.5 Å². The van der Waals surface area contributed by atoms with E-state index in [1.165, 1.54) is 10.4 Å². The third-order valence-corrected chi connectivity index (χ3v) is 5.12. The van der Waals surface area contributed by atoms with Crippen molar-refractivity contribution in [3.8, 4) is 5.75 Å². The van der Waals surface area contributed by atoms with E-state index >= 15 is 0 Å². The van der Waals surface area contributed by atoms with Gasteiger partial charge in [0.25, 0.3) is 0 Å². The molecule has 0 spiro atoms. The fourth-order valence-electron chi connectivity index (χ4n) is 2.59. The molecule has 0 bridgehead atoms. The average molecular weight is 357 g/mol. The van der Waals surface area contributed by atoms with Crippen LogP contribution in [0.15, 0.2) is 30.6 Å². The molecule has 25 heavy (non-hydrogen) atoms. The number of anilines is 2. The zero-order valence-electron chi connectivity index (χ0n) is 14.8. The molecular weight excluding hydrogens is 334 g/mol. The standard InChI is InChI=1S/C19H23N3O2S/c1-4-23-10-7-11-24-16-9-6-5-8-15(16)22-18-17-13(2)14(3)25-19(17)21-12-20-18/h5-6,8-9,12H,4,7,10-11H2,1-3H3,(H,20,21,22). The number of benzene rings is 1. The maximum atomic E-state index is 5.92. The van der Waals surface area contributed by atoms with Gasteiger partial charge in [0.05, 0.1) is 17.7 Å². The smallest absolute Gasteiger partial charge is 0.142 e. The molecule has 5 nitrogen and oxygen atoms in total. The Labute approximate surface area is 152 Å². The van der Waals surface area contributed by atoms with Gasteiger partial charge in [0.1, 0.15) is 22.7 Å².